The molecule has 1 heterocycles. The first-order chi connectivity index (χ1) is 5.79. The van der Waals surface area contributed by atoms with E-state index in [2.05, 4.69) is 20.9 Å². The topological polar surface area (TPSA) is 45.9 Å². The number of hydrogen-bond acceptors (Lipinski definition) is 3. The first kappa shape index (κ1) is 9.01. The van der Waals surface area contributed by atoms with Crippen LogP contribution in [0.1, 0.15) is 5.69 Å². The second-order valence-corrected chi connectivity index (χ2v) is 2.96. The van der Waals surface area contributed by atoms with Crippen LogP contribution in [-0.2, 0) is 6.42 Å². The first-order valence-electron chi connectivity index (χ1n) is 3.34. The SMILES string of the molecule is COc1c(Br)ccnc1CC#N. The van der Waals surface area contributed by atoms with Gasteiger partial charge in [-0.2, -0.15) is 5.26 Å². The van der Waals surface area contributed by atoms with Gasteiger partial charge in [0, 0.05) is 6.20 Å². The fourth-order valence-electron chi connectivity index (χ4n) is 0.881. The minimum atomic E-state index is 0.266. The predicted octanol–water partition coefficient (Wildman–Crippen LogP) is 1.92. The summed E-state index contributed by atoms with van der Waals surface area (Å²) in [4.78, 5) is 4.02. The molecular weight excluding hydrogens is 220 g/mol. The van der Waals surface area contributed by atoms with Crippen LogP contribution in [0.4, 0.5) is 0 Å². The van der Waals surface area contributed by atoms with Crippen molar-refractivity contribution in [2.24, 2.45) is 0 Å². The van der Waals surface area contributed by atoms with E-state index in [0.717, 1.165) is 4.47 Å². The molecule has 0 aliphatic heterocycles. The minimum Gasteiger partial charge on any atom is -0.494 e. The zero-order valence-electron chi connectivity index (χ0n) is 6.54. The van der Waals surface area contributed by atoms with Crippen molar-refractivity contribution in [2.45, 2.75) is 6.42 Å². The van der Waals surface area contributed by atoms with Crippen LogP contribution in [0.25, 0.3) is 0 Å². The molecule has 1 aromatic heterocycles. The molecule has 0 aromatic carbocycles. The maximum Gasteiger partial charge on any atom is 0.155 e. The third-order valence-corrected chi connectivity index (χ3v) is 2.01. The van der Waals surface area contributed by atoms with E-state index in [4.69, 9.17) is 10.00 Å². The predicted molar refractivity (Wildman–Crippen MR) is 47.8 cm³/mol. The maximum atomic E-state index is 8.47. The third-order valence-electron chi connectivity index (χ3n) is 1.38. The molecule has 0 amide bonds. The lowest BCUT2D eigenvalue weighted by Crippen LogP contribution is -1.94. The van der Waals surface area contributed by atoms with Gasteiger partial charge in [-0.3, -0.25) is 4.98 Å². The van der Waals surface area contributed by atoms with Gasteiger partial charge in [-0.15, -0.1) is 0 Å². The summed E-state index contributed by atoms with van der Waals surface area (Å²) in [7, 11) is 1.56. The molecular formula is C8H7BrN2O. The van der Waals surface area contributed by atoms with Gasteiger partial charge < -0.3 is 4.74 Å². The number of halogens is 1. The Labute approximate surface area is 79.1 Å². The van der Waals surface area contributed by atoms with E-state index >= 15 is 0 Å². The van der Waals surface area contributed by atoms with Crippen LogP contribution in [0, 0.1) is 11.3 Å². The van der Waals surface area contributed by atoms with Crippen molar-refractivity contribution in [2.75, 3.05) is 7.11 Å². The van der Waals surface area contributed by atoms with E-state index < -0.39 is 0 Å². The van der Waals surface area contributed by atoms with Crippen molar-refractivity contribution in [3.05, 3.63) is 22.4 Å². The summed E-state index contributed by atoms with van der Waals surface area (Å²) in [6.07, 6.45) is 1.90. The van der Waals surface area contributed by atoms with Crippen LogP contribution in [0.2, 0.25) is 0 Å². The van der Waals surface area contributed by atoms with Crippen LogP contribution >= 0.6 is 15.9 Å². The quantitative estimate of drug-likeness (QED) is 0.775. The molecule has 3 nitrogen and oxygen atoms in total. The van der Waals surface area contributed by atoms with Crippen LogP contribution in [0.5, 0.6) is 5.75 Å². The Morgan fingerprint density at radius 2 is 2.50 bits per heavy atom. The van der Waals surface area contributed by atoms with E-state index in [1.807, 2.05) is 6.07 Å². The van der Waals surface area contributed by atoms with Gasteiger partial charge in [-0.05, 0) is 22.0 Å². The normalized spacial score (nSPS) is 9.08. The number of methoxy groups -OCH3 is 1. The lowest BCUT2D eigenvalue weighted by atomic mass is 10.2. The van der Waals surface area contributed by atoms with Crippen LogP contribution < -0.4 is 4.74 Å². The fraction of sp³-hybridized carbons (Fsp3) is 0.250. The molecule has 1 aromatic rings. The van der Waals surface area contributed by atoms with Gasteiger partial charge in [0.1, 0.15) is 0 Å². The highest BCUT2D eigenvalue weighted by Gasteiger charge is 2.06. The molecule has 0 saturated carbocycles. The molecule has 4 heteroatoms. The number of rotatable bonds is 2. The molecule has 0 aliphatic carbocycles. The molecule has 0 aliphatic rings. The lowest BCUT2D eigenvalue weighted by molar-refractivity contribution is 0.405. The van der Waals surface area contributed by atoms with Gasteiger partial charge >= 0.3 is 0 Å². The molecule has 0 radical (unpaired) electrons. The highest BCUT2D eigenvalue weighted by Crippen LogP contribution is 2.26. The third kappa shape index (κ3) is 1.74. The number of nitrogens with zero attached hydrogens (tertiary/aromatic N) is 2. The summed E-state index contributed by atoms with van der Waals surface area (Å²) < 4.78 is 5.89. The monoisotopic (exact) mass is 226 g/mol. The van der Waals surface area contributed by atoms with Crippen LogP contribution in [0.15, 0.2) is 16.7 Å². The molecule has 62 valence electrons. The van der Waals surface area contributed by atoms with Crippen LogP contribution in [0.3, 0.4) is 0 Å². The Kier molecular flexibility index (Phi) is 3.06. The van der Waals surface area contributed by atoms with Crippen molar-refractivity contribution >= 4 is 15.9 Å². The van der Waals surface area contributed by atoms with Crippen molar-refractivity contribution in [1.29, 1.82) is 5.26 Å². The van der Waals surface area contributed by atoms with Gasteiger partial charge in [0.25, 0.3) is 0 Å². The summed E-state index contributed by atoms with van der Waals surface area (Å²) in [5.74, 6) is 0.638. The highest BCUT2D eigenvalue weighted by molar-refractivity contribution is 9.10. The van der Waals surface area contributed by atoms with Gasteiger partial charge in [0.05, 0.1) is 29.8 Å². The maximum absolute atomic E-state index is 8.47. The Morgan fingerprint density at radius 3 is 3.08 bits per heavy atom. The van der Waals surface area contributed by atoms with Gasteiger partial charge in [-0.1, -0.05) is 0 Å². The second-order valence-electron chi connectivity index (χ2n) is 2.11. The number of ether oxygens (including phenoxy) is 1. The number of hydrogen-bond donors (Lipinski definition) is 0. The van der Waals surface area contributed by atoms with Crippen molar-refractivity contribution in [1.82, 2.24) is 4.98 Å². The van der Waals surface area contributed by atoms with Crippen LogP contribution in [-0.4, -0.2) is 12.1 Å². The van der Waals surface area contributed by atoms with Gasteiger partial charge in [0.2, 0.25) is 0 Å². The molecule has 0 saturated heterocycles. The van der Waals surface area contributed by atoms with E-state index in [-0.39, 0.29) is 6.42 Å². The summed E-state index contributed by atoms with van der Waals surface area (Å²) in [6, 6.07) is 3.80. The smallest absolute Gasteiger partial charge is 0.155 e. The van der Waals surface area contributed by atoms with Crippen molar-refractivity contribution < 1.29 is 4.74 Å². The van der Waals surface area contributed by atoms with E-state index in [1.54, 1.807) is 19.4 Å². The zero-order valence-corrected chi connectivity index (χ0v) is 8.13. The summed E-state index contributed by atoms with van der Waals surface area (Å²) in [6.45, 7) is 0. The van der Waals surface area contributed by atoms with Crippen molar-refractivity contribution in [3.63, 3.8) is 0 Å². The molecule has 0 atom stereocenters. The van der Waals surface area contributed by atoms with Crippen molar-refractivity contribution in [3.8, 4) is 11.8 Å². The Morgan fingerprint density at radius 1 is 1.75 bits per heavy atom. The molecule has 0 fully saturated rings. The minimum absolute atomic E-state index is 0.266. The molecule has 1 rings (SSSR count). The summed E-state index contributed by atoms with van der Waals surface area (Å²) in [5.41, 5.74) is 0.661. The molecule has 0 bridgehead atoms. The molecule has 0 spiro atoms. The second kappa shape index (κ2) is 4.07. The Bertz CT molecular complexity index is 319. The molecule has 0 N–H and O–H groups in total. The zero-order chi connectivity index (χ0) is 8.97. The van der Waals surface area contributed by atoms with Gasteiger partial charge in [-0.25, -0.2) is 0 Å². The first-order valence-corrected chi connectivity index (χ1v) is 4.13. The highest BCUT2D eigenvalue weighted by atomic mass is 79.9. The number of pyridine rings is 1. The van der Waals surface area contributed by atoms with Gasteiger partial charge in [0.15, 0.2) is 5.75 Å². The lowest BCUT2D eigenvalue weighted by Gasteiger charge is -2.05. The molecule has 0 unspecified atom stereocenters. The largest absolute Gasteiger partial charge is 0.494 e. The Hall–Kier alpha value is -1.08. The summed E-state index contributed by atoms with van der Waals surface area (Å²) >= 11 is 3.30. The number of nitriles is 1. The average molecular weight is 227 g/mol. The van der Waals surface area contributed by atoms with E-state index in [0.29, 0.717) is 11.4 Å². The number of aromatic nitrogens is 1. The fourth-order valence-corrected chi connectivity index (χ4v) is 1.39. The summed E-state index contributed by atoms with van der Waals surface area (Å²) in [5, 5.41) is 8.47. The van der Waals surface area contributed by atoms with E-state index in [9.17, 15) is 0 Å². The molecule has 12 heavy (non-hydrogen) atoms. The average Bonchev–Trinajstić information content (AvgIpc) is 2.05. The Balaban J connectivity index is 3.11. The standard InChI is InChI=1S/C8H7BrN2O/c1-12-8-6(9)3-5-11-7(8)2-4-10/h3,5H,2H2,1H3. The van der Waals surface area contributed by atoms with E-state index in [1.165, 1.54) is 0 Å².